The molecule has 0 aromatic heterocycles. The van der Waals surface area contributed by atoms with Gasteiger partial charge in [0, 0.05) is 6.54 Å². The van der Waals surface area contributed by atoms with E-state index in [0.29, 0.717) is 5.41 Å². The summed E-state index contributed by atoms with van der Waals surface area (Å²) in [6.45, 7) is 1.23. The van der Waals surface area contributed by atoms with Crippen LogP contribution < -0.4 is 5.32 Å². The van der Waals surface area contributed by atoms with Crippen molar-refractivity contribution >= 4 is 11.8 Å². The maximum absolute atomic E-state index is 3.31. The van der Waals surface area contributed by atoms with Crippen LogP contribution >= 0.6 is 11.8 Å². The van der Waals surface area contributed by atoms with Gasteiger partial charge in [0.2, 0.25) is 0 Å². The Morgan fingerprint density at radius 1 is 1.45 bits per heavy atom. The van der Waals surface area contributed by atoms with Crippen molar-refractivity contribution in [1.29, 1.82) is 0 Å². The molecule has 0 radical (unpaired) electrons. The summed E-state index contributed by atoms with van der Waals surface area (Å²) >= 11 is 1.98. The molecule has 0 heterocycles. The zero-order valence-electron chi connectivity index (χ0n) is 7.65. The van der Waals surface area contributed by atoms with Crippen LogP contribution in [0.3, 0.4) is 0 Å². The lowest BCUT2D eigenvalue weighted by molar-refractivity contribution is 0.129. The second-order valence-electron chi connectivity index (χ2n) is 3.63. The normalized spacial score (nSPS) is 21.3. The molecule has 0 saturated heterocycles. The van der Waals surface area contributed by atoms with Crippen LogP contribution in [0.25, 0.3) is 0 Å². The summed E-state index contributed by atoms with van der Waals surface area (Å²) < 4.78 is 0. The van der Waals surface area contributed by atoms with Crippen LogP contribution in [0.5, 0.6) is 0 Å². The summed E-state index contributed by atoms with van der Waals surface area (Å²) in [7, 11) is 2.07. The van der Waals surface area contributed by atoms with Crippen molar-refractivity contribution in [2.75, 3.05) is 25.6 Å². The first-order chi connectivity index (χ1) is 5.33. The molecule has 1 aliphatic carbocycles. The van der Waals surface area contributed by atoms with E-state index in [1.165, 1.54) is 38.0 Å². The van der Waals surface area contributed by atoms with Crippen molar-refractivity contribution < 1.29 is 0 Å². The lowest BCUT2D eigenvalue weighted by atomic mass is 9.67. The smallest absolute Gasteiger partial charge is 0.000510 e. The molecule has 1 fully saturated rings. The first-order valence-corrected chi connectivity index (χ1v) is 5.86. The highest BCUT2D eigenvalue weighted by molar-refractivity contribution is 7.98. The topological polar surface area (TPSA) is 12.0 Å². The van der Waals surface area contributed by atoms with E-state index >= 15 is 0 Å². The first-order valence-electron chi connectivity index (χ1n) is 4.46. The zero-order valence-corrected chi connectivity index (χ0v) is 8.47. The van der Waals surface area contributed by atoms with E-state index < -0.39 is 0 Å². The Hall–Kier alpha value is 0.310. The van der Waals surface area contributed by atoms with Crippen molar-refractivity contribution in [2.24, 2.45) is 5.41 Å². The van der Waals surface area contributed by atoms with Gasteiger partial charge in [0.1, 0.15) is 0 Å². The molecule has 0 unspecified atom stereocenters. The van der Waals surface area contributed by atoms with Gasteiger partial charge in [-0.3, -0.25) is 0 Å². The Balaban J connectivity index is 2.22. The second kappa shape index (κ2) is 4.36. The molecule has 0 amide bonds. The predicted molar refractivity (Wildman–Crippen MR) is 53.2 cm³/mol. The third-order valence-electron chi connectivity index (χ3n) is 2.80. The van der Waals surface area contributed by atoms with Gasteiger partial charge in [0.05, 0.1) is 0 Å². The average Bonchev–Trinajstić information content (AvgIpc) is 1.95. The molecule has 1 N–H and O–H groups in total. The number of hydrogen-bond donors (Lipinski definition) is 1. The fraction of sp³-hybridized carbons (Fsp3) is 1.00. The zero-order chi connectivity index (χ0) is 8.16. The number of hydrogen-bond acceptors (Lipinski definition) is 2. The number of nitrogens with one attached hydrogen (secondary N) is 1. The molecule has 1 aliphatic rings. The van der Waals surface area contributed by atoms with Crippen LogP contribution in [-0.4, -0.2) is 25.6 Å². The fourth-order valence-electron chi connectivity index (χ4n) is 1.89. The average molecular weight is 173 g/mol. The SMILES string of the molecule is CNCC1(CCSC)CCC1. The van der Waals surface area contributed by atoms with Gasteiger partial charge in [-0.25, -0.2) is 0 Å². The van der Waals surface area contributed by atoms with Crippen molar-refractivity contribution in [1.82, 2.24) is 5.32 Å². The van der Waals surface area contributed by atoms with Gasteiger partial charge >= 0.3 is 0 Å². The van der Waals surface area contributed by atoms with E-state index in [2.05, 4.69) is 18.6 Å². The summed E-state index contributed by atoms with van der Waals surface area (Å²) in [5.41, 5.74) is 0.692. The molecule has 0 aliphatic heterocycles. The second-order valence-corrected chi connectivity index (χ2v) is 4.61. The van der Waals surface area contributed by atoms with Gasteiger partial charge in [-0.2, -0.15) is 11.8 Å². The quantitative estimate of drug-likeness (QED) is 0.683. The van der Waals surface area contributed by atoms with Crippen molar-refractivity contribution in [3.63, 3.8) is 0 Å². The summed E-state index contributed by atoms with van der Waals surface area (Å²) in [4.78, 5) is 0. The maximum Gasteiger partial charge on any atom is 0.000510 e. The van der Waals surface area contributed by atoms with Crippen LogP contribution in [0.2, 0.25) is 0 Å². The van der Waals surface area contributed by atoms with Crippen LogP contribution in [-0.2, 0) is 0 Å². The highest BCUT2D eigenvalue weighted by atomic mass is 32.2. The molecule has 2 heteroatoms. The highest BCUT2D eigenvalue weighted by Crippen LogP contribution is 2.43. The van der Waals surface area contributed by atoms with Crippen molar-refractivity contribution in [2.45, 2.75) is 25.7 Å². The molecule has 1 saturated carbocycles. The number of rotatable bonds is 5. The Morgan fingerprint density at radius 2 is 2.18 bits per heavy atom. The molecule has 0 spiro atoms. The maximum atomic E-state index is 3.31. The van der Waals surface area contributed by atoms with Gasteiger partial charge < -0.3 is 5.32 Å². The molecule has 0 bridgehead atoms. The summed E-state index contributed by atoms with van der Waals surface area (Å²) in [5.74, 6) is 1.34. The van der Waals surface area contributed by atoms with Crippen LogP contribution in [0.15, 0.2) is 0 Å². The molecule has 1 rings (SSSR count). The van der Waals surface area contributed by atoms with Gasteiger partial charge in [0.25, 0.3) is 0 Å². The predicted octanol–water partition coefficient (Wildman–Crippen LogP) is 2.13. The lowest BCUT2D eigenvalue weighted by Gasteiger charge is -2.42. The largest absolute Gasteiger partial charge is 0.319 e. The molecule has 11 heavy (non-hydrogen) atoms. The van der Waals surface area contributed by atoms with E-state index in [0.717, 1.165) is 0 Å². The first kappa shape index (κ1) is 9.40. The van der Waals surface area contributed by atoms with Crippen LogP contribution in [0.4, 0.5) is 0 Å². The third-order valence-corrected chi connectivity index (χ3v) is 3.41. The Labute approximate surface area is 74.3 Å². The van der Waals surface area contributed by atoms with E-state index in [1.807, 2.05) is 11.8 Å². The summed E-state index contributed by atoms with van der Waals surface area (Å²) in [6, 6.07) is 0. The Bertz CT molecular complexity index is 110. The van der Waals surface area contributed by atoms with E-state index in [-0.39, 0.29) is 0 Å². The van der Waals surface area contributed by atoms with Gasteiger partial charge in [-0.1, -0.05) is 6.42 Å². The van der Waals surface area contributed by atoms with E-state index in [9.17, 15) is 0 Å². The fourth-order valence-corrected chi connectivity index (χ4v) is 2.52. The number of thioether (sulfide) groups is 1. The standard InChI is InChI=1S/C9H19NS/c1-10-8-9(4-3-5-9)6-7-11-2/h10H,3-8H2,1-2H3. The van der Waals surface area contributed by atoms with Gasteiger partial charge in [-0.15, -0.1) is 0 Å². The molecular weight excluding hydrogens is 154 g/mol. The molecule has 0 aromatic carbocycles. The van der Waals surface area contributed by atoms with Crippen LogP contribution in [0, 0.1) is 5.41 Å². The minimum absolute atomic E-state index is 0.692. The Kier molecular flexibility index (Phi) is 3.73. The highest BCUT2D eigenvalue weighted by Gasteiger charge is 2.35. The molecule has 1 nitrogen and oxygen atoms in total. The van der Waals surface area contributed by atoms with Gasteiger partial charge in [0.15, 0.2) is 0 Å². The Morgan fingerprint density at radius 3 is 2.55 bits per heavy atom. The summed E-state index contributed by atoms with van der Waals surface area (Å²) in [6.07, 6.45) is 7.97. The van der Waals surface area contributed by atoms with E-state index in [1.54, 1.807) is 0 Å². The van der Waals surface area contributed by atoms with E-state index in [4.69, 9.17) is 0 Å². The minimum Gasteiger partial charge on any atom is -0.319 e. The van der Waals surface area contributed by atoms with Crippen molar-refractivity contribution in [3.05, 3.63) is 0 Å². The molecule has 66 valence electrons. The lowest BCUT2D eigenvalue weighted by Crippen LogP contribution is -2.39. The monoisotopic (exact) mass is 173 g/mol. The van der Waals surface area contributed by atoms with Gasteiger partial charge in [-0.05, 0) is 43.7 Å². The van der Waals surface area contributed by atoms with Crippen molar-refractivity contribution in [3.8, 4) is 0 Å². The third kappa shape index (κ3) is 2.38. The van der Waals surface area contributed by atoms with Crippen LogP contribution in [0.1, 0.15) is 25.7 Å². The molecular formula is C9H19NS. The molecule has 0 aromatic rings. The molecule has 0 atom stereocenters. The minimum atomic E-state index is 0.692. The summed E-state index contributed by atoms with van der Waals surface area (Å²) in [5, 5.41) is 3.31.